The van der Waals surface area contributed by atoms with Crippen LogP contribution in [0.5, 0.6) is 0 Å². The van der Waals surface area contributed by atoms with Gasteiger partial charge in [0.15, 0.2) is 6.04 Å². The number of hydrogen-bond donors (Lipinski definition) is 4. The first-order valence-corrected chi connectivity index (χ1v) is 7.94. The van der Waals surface area contributed by atoms with Gasteiger partial charge in [0.1, 0.15) is 0 Å². The molecular weight excluding hydrogens is 334 g/mol. The van der Waals surface area contributed by atoms with Gasteiger partial charge in [-0.15, -0.1) is 0 Å². The van der Waals surface area contributed by atoms with Crippen molar-refractivity contribution in [3.63, 3.8) is 0 Å². The zero-order chi connectivity index (χ0) is 18.7. The molecule has 3 aromatic rings. The predicted molar refractivity (Wildman–Crippen MR) is 95.6 cm³/mol. The molecule has 2 aromatic carbocycles. The van der Waals surface area contributed by atoms with Crippen LogP contribution in [0.2, 0.25) is 0 Å². The lowest BCUT2D eigenvalue weighted by Crippen LogP contribution is -2.41. The first-order chi connectivity index (χ1) is 12.5. The van der Waals surface area contributed by atoms with E-state index in [0.717, 1.165) is 10.2 Å². The molecule has 1 unspecified atom stereocenters. The van der Waals surface area contributed by atoms with Crippen molar-refractivity contribution in [1.29, 1.82) is 0 Å². The van der Waals surface area contributed by atoms with Gasteiger partial charge in [0, 0.05) is 11.1 Å². The fraction of sp³-hybridized carbons (Fsp3) is 0.158. The molecule has 0 saturated heterocycles. The molecule has 7 heteroatoms. The maximum absolute atomic E-state index is 12.5. The number of nitrogens with one attached hydrogen (secondary N) is 2. The Kier molecular flexibility index (Phi) is 4.89. The molecule has 1 amide bonds. The number of nitrogens with zero attached hydrogens (tertiary/aromatic N) is 1. The molecule has 0 radical (unpaired) electrons. The number of hydrogen-bond acceptors (Lipinski definition) is 4. The number of fused-ring (bicyclic) bond motifs is 1. The molecule has 2 atom stereocenters. The maximum Gasteiger partial charge on any atom is 0.275 e. The summed E-state index contributed by atoms with van der Waals surface area (Å²) < 4.78 is 0.995. The molecule has 3 rings (SSSR count). The molecule has 132 valence electrons. The summed E-state index contributed by atoms with van der Waals surface area (Å²) in [5.74, 6) is 5.16. The third kappa shape index (κ3) is 3.37. The Balaban J connectivity index is 2.03. The average Bonchev–Trinajstić information content (AvgIpc) is 2.96. The second-order valence-corrected chi connectivity index (χ2v) is 5.82. The molecule has 1 aromatic heterocycles. The largest absolute Gasteiger partial charge is 0.391 e. The van der Waals surface area contributed by atoms with E-state index < -0.39 is 23.6 Å². The van der Waals surface area contributed by atoms with Crippen molar-refractivity contribution >= 4 is 16.8 Å². The van der Waals surface area contributed by atoms with Crippen LogP contribution in [0.4, 0.5) is 0 Å². The molecule has 0 aliphatic heterocycles. The van der Waals surface area contributed by atoms with Crippen LogP contribution in [-0.2, 0) is 4.79 Å². The summed E-state index contributed by atoms with van der Waals surface area (Å²) in [6.07, 6.45) is -1.19. The number of aliphatic hydroxyl groups is 1. The molecule has 0 spiro atoms. The third-order valence-electron chi connectivity index (χ3n) is 3.95. The van der Waals surface area contributed by atoms with Crippen LogP contribution in [-0.4, -0.2) is 32.1 Å². The summed E-state index contributed by atoms with van der Waals surface area (Å²) in [6, 6.07) is 13.2. The van der Waals surface area contributed by atoms with Crippen molar-refractivity contribution in [2.75, 3.05) is 0 Å². The van der Waals surface area contributed by atoms with Gasteiger partial charge in [0.25, 0.3) is 11.5 Å². The van der Waals surface area contributed by atoms with E-state index in [1.54, 1.807) is 18.2 Å². The lowest BCUT2D eigenvalue weighted by Gasteiger charge is -2.17. The molecule has 1 heterocycles. The number of rotatable bonds is 3. The number of hydroxylamine groups is 1. The number of amides is 1. The van der Waals surface area contributed by atoms with Crippen molar-refractivity contribution in [1.82, 2.24) is 15.3 Å². The predicted octanol–water partition coefficient (Wildman–Crippen LogP) is 1.16. The first-order valence-electron chi connectivity index (χ1n) is 7.94. The summed E-state index contributed by atoms with van der Waals surface area (Å²) in [5, 5.41) is 21.8. The summed E-state index contributed by atoms with van der Waals surface area (Å²) >= 11 is 0. The molecule has 0 aliphatic rings. The van der Waals surface area contributed by atoms with Crippen molar-refractivity contribution in [2.24, 2.45) is 0 Å². The van der Waals surface area contributed by atoms with Crippen molar-refractivity contribution in [3.05, 3.63) is 70.0 Å². The van der Waals surface area contributed by atoms with Crippen LogP contribution >= 0.6 is 0 Å². The van der Waals surface area contributed by atoms with E-state index in [1.807, 2.05) is 30.3 Å². The molecular formula is C19H17N3O4. The Labute approximate surface area is 148 Å². The minimum atomic E-state index is -1.28. The van der Waals surface area contributed by atoms with Crippen LogP contribution in [0.3, 0.4) is 0 Å². The van der Waals surface area contributed by atoms with E-state index in [2.05, 4.69) is 16.9 Å². The lowest BCUT2D eigenvalue weighted by molar-refractivity contribution is -0.136. The minimum Gasteiger partial charge on any atom is -0.391 e. The van der Waals surface area contributed by atoms with Gasteiger partial charge in [-0.05, 0) is 37.3 Å². The number of carbonyl (C=O) groups excluding carboxylic acids is 1. The molecule has 26 heavy (non-hydrogen) atoms. The van der Waals surface area contributed by atoms with Crippen molar-refractivity contribution in [2.45, 2.75) is 19.1 Å². The second kappa shape index (κ2) is 7.27. The van der Waals surface area contributed by atoms with Gasteiger partial charge in [-0.3, -0.25) is 19.9 Å². The van der Waals surface area contributed by atoms with Gasteiger partial charge in [-0.1, -0.05) is 30.0 Å². The molecule has 0 fully saturated rings. The van der Waals surface area contributed by atoms with E-state index >= 15 is 0 Å². The van der Waals surface area contributed by atoms with E-state index in [9.17, 15) is 14.7 Å². The smallest absolute Gasteiger partial charge is 0.275 e. The van der Waals surface area contributed by atoms with Crippen LogP contribution in [0, 0.1) is 11.8 Å². The molecule has 7 nitrogen and oxygen atoms in total. The van der Waals surface area contributed by atoms with E-state index in [1.165, 1.54) is 12.4 Å². The lowest BCUT2D eigenvalue weighted by atomic mass is 10.1. The highest BCUT2D eigenvalue weighted by molar-refractivity contribution is 5.82. The standard InChI is InChI=1S/C19H17N3O4/c1-12(23)17(18(24)21-26)22-19(25)15-10-9-14(11-16(15)20-22)8-7-13-5-3-2-4-6-13/h2-6,9-12,17,20,23,26H,1H3,(H,21,24)/t12-,17?/m1/s1. The molecule has 0 aliphatic carbocycles. The molecule has 0 bridgehead atoms. The molecule has 0 saturated carbocycles. The number of aromatic nitrogens is 2. The average molecular weight is 351 g/mol. The van der Waals surface area contributed by atoms with Crippen molar-refractivity contribution in [3.8, 4) is 11.8 Å². The number of H-pyrrole nitrogens is 1. The van der Waals surface area contributed by atoms with Gasteiger partial charge in [-0.2, -0.15) is 0 Å². The Morgan fingerprint density at radius 2 is 1.85 bits per heavy atom. The van der Waals surface area contributed by atoms with Gasteiger partial charge in [0.05, 0.1) is 17.0 Å². The summed E-state index contributed by atoms with van der Waals surface area (Å²) in [4.78, 5) is 24.3. The van der Waals surface area contributed by atoms with Gasteiger partial charge in [0.2, 0.25) is 0 Å². The van der Waals surface area contributed by atoms with Gasteiger partial charge in [-0.25, -0.2) is 10.2 Å². The van der Waals surface area contributed by atoms with Crippen molar-refractivity contribution < 1.29 is 15.1 Å². The maximum atomic E-state index is 12.5. The van der Waals surface area contributed by atoms with Crippen LogP contribution in [0.15, 0.2) is 53.3 Å². The normalized spacial score (nSPS) is 12.9. The second-order valence-electron chi connectivity index (χ2n) is 5.82. The monoisotopic (exact) mass is 351 g/mol. The van der Waals surface area contributed by atoms with E-state index in [4.69, 9.17) is 5.21 Å². The van der Waals surface area contributed by atoms with Crippen LogP contribution < -0.4 is 11.0 Å². The summed E-state index contributed by atoms with van der Waals surface area (Å²) in [7, 11) is 0. The highest BCUT2D eigenvalue weighted by Gasteiger charge is 2.28. The van der Waals surface area contributed by atoms with Gasteiger partial charge >= 0.3 is 0 Å². The van der Waals surface area contributed by atoms with Crippen LogP contribution in [0.1, 0.15) is 24.1 Å². The Morgan fingerprint density at radius 3 is 2.50 bits per heavy atom. The topological polar surface area (TPSA) is 107 Å². The fourth-order valence-electron chi connectivity index (χ4n) is 2.69. The Morgan fingerprint density at radius 1 is 1.15 bits per heavy atom. The first kappa shape index (κ1) is 17.5. The van der Waals surface area contributed by atoms with E-state index in [0.29, 0.717) is 16.5 Å². The Hall–Kier alpha value is -3.34. The summed E-state index contributed by atoms with van der Waals surface area (Å²) in [6.45, 7) is 1.36. The quantitative estimate of drug-likeness (QED) is 0.323. The van der Waals surface area contributed by atoms with Crippen LogP contribution in [0.25, 0.3) is 10.9 Å². The highest BCUT2D eigenvalue weighted by atomic mass is 16.5. The zero-order valence-corrected chi connectivity index (χ0v) is 13.9. The summed E-state index contributed by atoms with van der Waals surface area (Å²) in [5.41, 5.74) is 3.03. The fourth-order valence-corrected chi connectivity index (χ4v) is 2.69. The number of benzene rings is 2. The third-order valence-corrected chi connectivity index (χ3v) is 3.95. The zero-order valence-electron chi connectivity index (χ0n) is 13.9. The highest BCUT2D eigenvalue weighted by Crippen LogP contribution is 2.15. The Bertz CT molecular complexity index is 1060. The number of aliphatic hydroxyl groups excluding tert-OH is 1. The number of carbonyl (C=O) groups is 1. The SMILES string of the molecule is C[C@@H](O)C(C(=O)NO)n1[nH]c2cc(C#Cc3ccccc3)ccc2c1=O. The van der Waals surface area contributed by atoms with Gasteiger partial charge < -0.3 is 5.11 Å². The molecule has 4 N–H and O–H groups in total. The minimum absolute atomic E-state index is 0.353. The number of aromatic amines is 1. The van der Waals surface area contributed by atoms with E-state index in [-0.39, 0.29) is 0 Å².